The summed E-state index contributed by atoms with van der Waals surface area (Å²) in [5, 5.41) is 0. The minimum atomic E-state index is -0.375. The summed E-state index contributed by atoms with van der Waals surface area (Å²) < 4.78 is 5.14. The van der Waals surface area contributed by atoms with Crippen LogP contribution >= 0.6 is 0 Å². The van der Waals surface area contributed by atoms with Gasteiger partial charge in [0.2, 0.25) is 0 Å². The van der Waals surface area contributed by atoms with Crippen LogP contribution in [0, 0.1) is 0 Å². The SMILES string of the molecule is COC(=O)C1=C(C)N(C(=O)c2ccccc2)CCC2c3ccccc3N(C)C12. The minimum absolute atomic E-state index is 0.0876. The van der Waals surface area contributed by atoms with E-state index in [4.69, 9.17) is 4.74 Å². The van der Waals surface area contributed by atoms with Gasteiger partial charge < -0.3 is 14.5 Å². The van der Waals surface area contributed by atoms with Gasteiger partial charge >= 0.3 is 5.97 Å². The molecule has 1 amide bonds. The Morgan fingerprint density at radius 3 is 2.43 bits per heavy atom. The van der Waals surface area contributed by atoms with E-state index >= 15 is 0 Å². The van der Waals surface area contributed by atoms with Gasteiger partial charge in [-0.25, -0.2) is 4.79 Å². The van der Waals surface area contributed by atoms with E-state index in [1.54, 1.807) is 17.0 Å². The van der Waals surface area contributed by atoms with E-state index in [1.807, 2.05) is 44.3 Å². The van der Waals surface area contributed by atoms with Crippen molar-refractivity contribution in [3.8, 4) is 0 Å². The summed E-state index contributed by atoms with van der Waals surface area (Å²) in [6, 6.07) is 17.3. The van der Waals surface area contributed by atoms with Gasteiger partial charge in [0.25, 0.3) is 5.91 Å². The van der Waals surface area contributed by atoms with Gasteiger partial charge in [-0.3, -0.25) is 4.79 Å². The molecule has 2 unspecified atom stereocenters. The lowest BCUT2D eigenvalue weighted by atomic mass is 9.88. The van der Waals surface area contributed by atoms with Crippen LogP contribution in [0.4, 0.5) is 5.69 Å². The Morgan fingerprint density at radius 1 is 1.04 bits per heavy atom. The van der Waals surface area contributed by atoms with Gasteiger partial charge in [-0.1, -0.05) is 36.4 Å². The van der Waals surface area contributed by atoms with Crippen LogP contribution in [0.2, 0.25) is 0 Å². The molecular weight excluding hydrogens is 352 g/mol. The first kappa shape index (κ1) is 18.3. The first-order chi connectivity index (χ1) is 13.5. The minimum Gasteiger partial charge on any atom is -0.466 e. The van der Waals surface area contributed by atoms with Crippen LogP contribution in [-0.2, 0) is 9.53 Å². The molecule has 2 aliphatic heterocycles. The third-order valence-corrected chi connectivity index (χ3v) is 5.94. The Bertz CT molecular complexity index is 951. The van der Waals surface area contributed by atoms with Gasteiger partial charge in [-0.15, -0.1) is 0 Å². The number of fused-ring (bicyclic) bond motifs is 3. The number of benzene rings is 2. The molecule has 2 heterocycles. The molecule has 0 aliphatic carbocycles. The molecule has 0 aromatic heterocycles. The van der Waals surface area contributed by atoms with Crippen molar-refractivity contribution in [1.29, 1.82) is 0 Å². The van der Waals surface area contributed by atoms with E-state index in [9.17, 15) is 9.59 Å². The number of ether oxygens (including phenoxy) is 1. The van der Waals surface area contributed by atoms with Crippen LogP contribution in [0.3, 0.4) is 0 Å². The predicted octanol–water partition coefficient (Wildman–Crippen LogP) is 3.58. The fraction of sp³-hybridized carbons (Fsp3) is 0.304. The lowest BCUT2D eigenvalue weighted by Gasteiger charge is -2.28. The monoisotopic (exact) mass is 376 g/mol. The maximum Gasteiger partial charge on any atom is 0.337 e. The number of anilines is 1. The molecular formula is C23H24N2O3. The molecule has 0 fully saturated rings. The highest BCUT2D eigenvalue weighted by molar-refractivity contribution is 5.98. The number of allylic oxidation sites excluding steroid dienone is 1. The molecule has 2 aromatic carbocycles. The largest absolute Gasteiger partial charge is 0.466 e. The van der Waals surface area contributed by atoms with Crippen molar-refractivity contribution in [3.05, 3.63) is 77.0 Å². The number of esters is 1. The zero-order valence-electron chi connectivity index (χ0n) is 16.4. The number of likely N-dealkylation sites (N-methyl/N-ethyl adjacent to an activating group) is 1. The number of methoxy groups -OCH3 is 1. The van der Waals surface area contributed by atoms with Gasteiger partial charge in [-0.2, -0.15) is 0 Å². The molecule has 0 spiro atoms. The summed E-state index contributed by atoms with van der Waals surface area (Å²) in [6.07, 6.45) is 0.780. The number of carbonyl (C=O) groups excluding carboxylic acids is 2. The first-order valence-electron chi connectivity index (χ1n) is 9.52. The van der Waals surface area contributed by atoms with Crippen molar-refractivity contribution in [2.24, 2.45) is 0 Å². The Balaban J connectivity index is 1.82. The number of amides is 1. The topological polar surface area (TPSA) is 49.9 Å². The highest BCUT2D eigenvalue weighted by Crippen LogP contribution is 2.47. The number of hydrogen-bond donors (Lipinski definition) is 0. The average molecular weight is 376 g/mol. The summed E-state index contributed by atoms with van der Waals surface area (Å²) in [7, 11) is 3.41. The van der Waals surface area contributed by atoms with Crippen molar-refractivity contribution >= 4 is 17.6 Å². The Morgan fingerprint density at radius 2 is 1.71 bits per heavy atom. The first-order valence-corrected chi connectivity index (χ1v) is 9.52. The molecule has 2 aliphatic rings. The van der Waals surface area contributed by atoms with Crippen LogP contribution < -0.4 is 4.90 Å². The van der Waals surface area contributed by atoms with Crippen molar-refractivity contribution in [2.75, 3.05) is 25.6 Å². The molecule has 2 aromatic rings. The van der Waals surface area contributed by atoms with Gasteiger partial charge in [0.1, 0.15) is 0 Å². The molecule has 0 N–H and O–H groups in total. The number of nitrogens with zero attached hydrogens (tertiary/aromatic N) is 2. The van der Waals surface area contributed by atoms with E-state index in [-0.39, 0.29) is 23.8 Å². The molecule has 0 bridgehead atoms. The number of para-hydroxylation sites is 1. The van der Waals surface area contributed by atoms with Gasteiger partial charge in [-0.05, 0) is 37.1 Å². The fourth-order valence-corrected chi connectivity index (χ4v) is 4.58. The molecule has 0 radical (unpaired) electrons. The van der Waals surface area contributed by atoms with Gasteiger partial charge in [0.15, 0.2) is 0 Å². The second kappa shape index (κ2) is 7.15. The Labute approximate surface area is 165 Å². The molecule has 2 atom stereocenters. The predicted molar refractivity (Wildman–Crippen MR) is 108 cm³/mol. The number of hydrogen-bond acceptors (Lipinski definition) is 4. The lowest BCUT2D eigenvalue weighted by Crippen LogP contribution is -2.37. The quantitative estimate of drug-likeness (QED) is 0.752. The van der Waals surface area contributed by atoms with Gasteiger partial charge in [0, 0.05) is 36.5 Å². The number of carbonyl (C=O) groups is 2. The smallest absolute Gasteiger partial charge is 0.337 e. The van der Waals surface area contributed by atoms with Crippen LogP contribution in [0.15, 0.2) is 65.9 Å². The van der Waals surface area contributed by atoms with Crippen molar-refractivity contribution < 1.29 is 14.3 Å². The Hall–Kier alpha value is -3.08. The van der Waals surface area contributed by atoms with Crippen molar-refractivity contribution in [3.63, 3.8) is 0 Å². The summed E-state index contributed by atoms with van der Waals surface area (Å²) in [6.45, 7) is 2.41. The van der Waals surface area contributed by atoms with E-state index in [2.05, 4.69) is 17.0 Å². The van der Waals surface area contributed by atoms with Crippen LogP contribution in [-0.4, -0.2) is 43.5 Å². The van der Waals surface area contributed by atoms with Crippen LogP contribution in [0.25, 0.3) is 0 Å². The molecule has 0 saturated heterocycles. The third-order valence-electron chi connectivity index (χ3n) is 5.94. The highest BCUT2D eigenvalue weighted by atomic mass is 16.5. The van der Waals surface area contributed by atoms with Crippen molar-refractivity contribution in [1.82, 2.24) is 4.90 Å². The zero-order chi connectivity index (χ0) is 19.8. The zero-order valence-corrected chi connectivity index (χ0v) is 16.4. The van der Waals surface area contributed by atoms with E-state index in [0.29, 0.717) is 23.4 Å². The van der Waals surface area contributed by atoms with E-state index in [0.717, 1.165) is 12.1 Å². The summed E-state index contributed by atoms with van der Waals surface area (Å²) in [5.74, 6) is -0.325. The third kappa shape index (κ3) is 2.78. The van der Waals surface area contributed by atoms with Crippen LogP contribution in [0.1, 0.15) is 35.2 Å². The molecule has 28 heavy (non-hydrogen) atoms. The standard InChI is InChI=1S/C23H24N2O3/c1-15-20(23(27)28-3)21-18(17-11-7-8-12-19(17)24(21)2)13-14-25(15)22(26)16-9-5-4-6-10-16/h4-12,18,21H,13-14H2,1-3H3. The fourth-order valence-electron chi connectivity index (χ4n) is 4.58. The Kier molecular flexibility index (Phi) is 4.67. The second-order valence-electron chi connectivity index (χ2n) is 7.32. The van der Waals surface area contributed by atoms with Crippen molar-refractivity contribution in [2.45, 2.75) is 25.3 Å². The summed E-state index contributed by atoms with van der Waals surface area (Å²) >= 11 is 0. The molecule has 144 valence electrons. The lowest BCUT2D eigenvalue weighted by molar-refractivity contribution is -0.136. The number of rotatable bonds is 2. The van der Waals surface area contributed by atoms with E-state index < -0.39 is 0 Å². The average Bonchev–Trinajstić information content (AvgIpc) is 2.91. The summed E-state index contributed by atoms with van der Waals surface area (Å²) in [4.78, 5) is 29.9. The molecule has 0 saturated carbocycles. The molecule has 5 nitrogen and oxygen atoms in total. The van der Waals surface area contributed by atoms with Crippen LogP contribution in [0.5, 0.6) is 0 Å². The summed E-state index contributed by atoms with van der Waals surface area (Å²) in [5.41, 5.74) is 4.21. The van der Waals surface area contributed by atoms with Gasteiger partial charge in [0.05, 0.1) is 18.7 Å². The second-order valence-corrected chi connectivity index (χ2v) is 7.32. The normalized spacial score (nSPS) is 21.1. The maximum atomic E-state index is 13.2. The highest BCUT2D eigenvalue weighted by Gasteiger charge is 2.45. The maximum absolute atomic E-state index is 13.2. The van der Waals surface area contributed by atoms with E-state index in [1.165, 1.54) is 12.7 Å². The molecule has 5 heteroatoms. The molecule has 4 rings (SSSR count).